The first-order valence-corrected chi connectivity index (χ1v) is 7.40. The Morgan fingerprint density at radius 2 is 2.05 bits per heavy atom. The van der Waals surface area contributed by atoms with Crippen molar-refractivity contribution in [3.8, 4) is 5.75 Å². The van der Waals surface area contributed by atoms with E-state index in [0.717, 1.165) is 26.3 Å². The highest BCUT2D eigenvalue weighted by Gasteiger charge is 2.10. The van der Waals surface area contributed by atoms with Crippen molar-refractivity contribution >= 4 is 22.7 Å². The van der Waals surface area contributed by atoms with Gasteiger partial charge < -0.3 is 15.4 Å². The summed E-state index contributed by atoms with van der Waals surface area (Å²) < 4.78 is 13.4. The molecular weight excluding hydrogens is 287 g/mol. The smallest absolute Gasteiger partial charge is 0.123 e. The van der Waals surface area contributed by atoms with Gasteiger partial charge in [0.1, 0.15) is 11.6 Å². The van der Waals surface area contributed by atoms with Crippen LogP contribution in [0.2, 0.25) is 0 Å². The third-order valence-corrected chi connectivity index (χ3v) is 4.41. The van der Waals surface area contributed by atoms with Crippen LogP contribution in [-0.2, 0) is 6.54 Å². The van der Waals surface area contributed by atoms with E-state index in [1.54, 1.807) is 36.0 Å². The molecule has 0 aliphatic heterocycles. The van der Waals surface area contributed by atoms with Crippen molar-refractivity contribution in [3.05, 3.63) is 54.0 Å². The van der Waals surface area contributed by atoms with Gasteiger partial charge in [0.05, 0.1) is 5.52 Å². The number of phenolic OH excluding ortho intramolecular Hbond substituents is 1. The highest BCUT2D eigenvalue weighted by Crippen LogP contribution is 2.36. The molecule has 3 nitrogen and oxygen atoms in total. The molecule has 3 rings (SSSR count). The molecular formula is C16H15FN2OS. The van der Waals surface area contributed by atoms with Crippen molar-refractivity contribution in [1.82, 2.24) is 10.3 Å². The van der Waals surface area contributed by atoms with Gasteiger partial charge >= 0.3 is 0 Å². The fraction of sp³-hybridized carbons (Fsp3) is 0.125. The van der Waals surface area contributed by atoms with Crippen molar-refractivity contribution < 1.29 is 9.50 Å². The quantitative estimate of drug-likeness (QED) is 0.685. The second-order valence-corrected chi connectivity index (χ2v) is 5.85. The maximum absolute atomic E-state index is 13.4. The number of hydrogen-bond donors (Lipinski definition) is 3. The topological polar surface area (TPSA) is 48.0 Å². The molecule has 3 aromatic rings. The minimum absolute atomic E-state index is 0.228. The van der Waals surface area contributed by atoms with E-state index in [1.165, 1.54) is 6.07 Å². The molecule has 0 aliphatic carbocycles. The number of nitrogens with one attached hydrogen (secondary N) is 2. The van der Waals surface area contributed by atoms with Gasteiger partial charge in [0.15, 0.2) is 0 Å². The Morgan fingerprint density at radius 1 is 1.19 bits per heavy atom. The van der Waals surface area contributed by atoms with Crippen molar-refractivity contribution in [2.45, 2.75) is 16.3 Å². The van der Waals surface area contributed by atoms with E-state index >= 15 is 0 Å². The predicted molar refractivity (Wildman–Crippen MR) is 83.3 cm³/mol. The molecule has 5 heteroatoms. The van der Waals surface area contributed by atoms with E-state index in [-0.39, 0.29) is 11.6 Å². The molecule has 0 bridgehead atoms. The van der Waals surface area contributed by atoms with Gasteiger partial charge in [0, 0.05) is 34.0 Å². The lowest BCUT2D eigenvalue weighted by molar-refractivity contribution is 0.476. The molecule has 0 saturated heterocycles. The van der Waals surface area contributed by atoms with Gasteiger partial charge in [0.2, 0.25) is 0 Å². The van der Waals surface area contributed by atoms with Crippen LogP contribution in [0.5, 0.6) is 5.75 Å². The van der Waals surface area contributed by atoms with Crippen LogP contribution < -0.4 is 5.32 Å². The maximum Gasteiger partial charge on any atom is 0.123 e. The summed E-state index contributed by atoms with van der Waals surface area (Å²) in [5, 5.41) is 13.6. The standard InChI is InChI=1S/C16H15FN2OS/c1-18-8-10-6-11(17)2-5-15(10)21-16-9-19-14-7-12(20)3-4-13(14)16/h2-7,9,18-20H,8H2,1H3. The lowest BCUT2D eigenvalue weighted by Gasteiger charge is -2.08. The maximum atomic E-state index is 13.4. The first-order chi connectivity index (χ1) is 10.2. The summed E-state index contributed by atoms with van der Waals surface area (Å²) in [5.74, 6) is 0.00648. The van der Waals surface area contributed by atoms with E-state index in [9.17, 15) is 9.50 Å². The molecule has 0 unspecified atom stereocenters. The fourth-order valence-electron chi connectivity index (χ4n) is 2.27. The molecule has 2 aromatic carbocycles. The number of fused-ring (bicyclic) bond motifs is 1. The molecule has 21 heavy (non-hydrogen) atoms. The van der Waals surface area contributed by atoms with Gasteiger partial charge in [-0.25, -0.2) is 4.39 Å². The average molecular weight is 302 g/mol. The van der Waals surface area contributed by atoms with Crippen LogP contribution in [0.4, 0.5) is 4.39 Å². The number of aromatic nitrogens is 1. The van der Waals surface area contributed by atoms with Crippen molar-refractivity contribution in [3.63, 3.8) is 0 Å². The first-order valence-electron chi connectivity index (χ1n) is 6.58. The minimum atomic E-state index is -0.228. The first kappa shape index (κ1) is 14.0. The highest BCUT2D eigenvalue weighted by atomic mass is 32.2. The van der Waals surface area contributed by atoms with Crippen LogP contribution in [0, 0.1) is 5.82 Å². The molecule has 0 spiro atoms. The number of aromatic amines is 1. The van der Waals surface area contributed by atoms with Gasteiger partial charge in [-0.2, -0.15) is 0 Å². The summed E-state index contributed by atoms with van der Waals surface area (Å²) >= 11 is 1.59. The zero-order valence-electron chi connectivity index (χ0n) is 11.5. The van der Waals surface area contributed by atoms with E-state index in [2.05, 4.69) is 10.3 Å². The predicted octanol–water partition coefficient (Wildman–Crippen LogP) is 3.88. The second kappa shape index (κ2) is 5.79. The fourth-order valence-corrected chi connectivity index (χ4v) is 3.31. The summed E-state index contributed by atoms with van der Waals surface area (Å²) in [6.45, 7) is 0.614. The Morgan fingerprint density at radius 3 is 2.86 bits per heavy atom. The van der Waals surface area contributed by atoms with Crippen LogP contribution in [0.25, 0.3) is 10.9 Å². The van der Waals surface area contributed by atoms with Gasteiger partial charge in [-0.1, -0.05) is 11.8 Å². The molecule has 0 fully saturated rings. The molecule has 1 aromatic heterocycles. The number of halogens is 1. The van der Waals surface area contributed by atoms with Crippen molar-refractivity contribution in [1.29, 1.82) is 0 Å². The highest BCUT2D eigenvalue weighted by molar-refractivity contribution is 7.99. The SMILES string of the molecule is CNCc1cc(F)ccc1Sc1c[nH]c2cc(O)ccc12. The molecule has 0 aliphatic rings. The average Bonchev–Trinajstić information content (AvgIpc) is 2.84. The Bertz CT molecular complexity index is 785. The Labute approximate surface area is 126 Å². The third kappa shape index (κ3) is 2.89. The van der Waals surface area contributed by atoms with Gasteiger partial charge in [-0.05, 0) is 42.9 Å². The zero-order valence-corrected chi connectivity index (χ0v) is 12.3. The Kier molecular flexibility index (Phi) is 3.86. The number of rotatable bonds is 4. The zero-order chi connectivity index (χ0) is 14.8. The van der Waals surface area contributed by atoms with Crippen LogP contribution in [0.1, 0.15) is 5.56 Å². The molecule has 3 N–H and O–H groups in total. The number of hydrogen-bond acceptors (Lipinski definition) is 3. The number of benzene rings is 2. The second-order valence-electron chi connectivity index (χ2n) is 4.77. The van der Waals surface area contributed by atoms with E-state index in [4.69, 9.17) is 0 Å². The number of phenols is 1. The lowest BCUT2D eigenvalue weighted by atomic mass is 10.2. The summed E-state index contributed by atoms with van der Waals surface area (Å²) in [4.78, 5) is 5.21. The Balaban J connectivity index is 1.98. The van der Waals surface area contributed by atoms with Crippen LogP contribution in [0.15, 0.2) is 52.4 Å². The van der Waals surface area contributed by atoms with Crippen LogP contribution in [-0.4, -0.2) is 17.1 Å². The number of H-pyrrole nitrogens is 1. The molecule has 0 saturated carbocycles. The molecule has 1 heterocycles. The van der Waals surface area contributed by atoms with E-state index in [0.29, 0.717) is 6.54 Å². The number of aromatic hydroxyl groups is 1. The molecule has 0 amide bonds. The van der Waals surface area contributed by atoms with Crippen molar-refractivity contribution in [2.24, 2.45) is 0 Å². The Hall–Kier alpha value is -1.98. The normalized spacial score (nSPS) is 11.1. The summed E-state index contributed by atoms with van der Waals surface area (Å²) in [6.07, 6.45) is 1.90. The monoisotopic (exact) mass is 302 g/mol. The van der Waals surface area contributed by atoms with Gasteiger partial charge in [-0.3, -0.25) is 0 Å². The summed E-state index contributed by atoms with van der Waals surface area (Å²) in [6, 6.07) is 10.1. The molecule has 0 atom stereocenters. The molecule has 108 valence electrons. The van der Waals surface area contributed by atoms with E-state index < -0.39 is 0 Å². The van der Waals surface area contributed by atoms with Crippen LogP contribution in [0.3, 0.4) is 0 Å². The molecule has 0 radical (unpaired) electrons. The third-order valence-electron chi connectivity index (χ3n) is 3.24. The van der Waals surface area contributed by atoms with Crippen molar-refractivity contribution in [2.75, 3.05) is 7.05 Å². The van der Waals surface area contributed by atoms with Crippen LogP contribution >= 0.6 is 11.8 Å². The summed E-state index contributed by atoms with van der Waals surface area (Å²) in [7, 11) is 1.84. The summed E-state index contributed by atoms with van der Waals surface area (Å²) in [5.41, 5.74) is 1.81. The minimum Gasteiger partial charge on any atom is -0.508 e. The lowest BCUT2D eigenvalue weighted by Crippen LogP contribution is -2.06. The van der Waals surface area contributed by atoms with E-state index in [1.807, 2.05) is 19.3 Å². The van der Waals surface area contributed by atoms with Gasteiger partial charge in [0.25, 0.3) is 0 Å². The largest absolute Gasteiger partial charge is 0.508 e. The van der Waals surface area contributed by atoms with Gasteiger partial charge in [-0.15, -0.1) is 0 Å².